The van der Waals surface area contributed by atoms with Crippen LogP contribution in [0.3, 0.4) is 0 Å². The van der Waals surface area contributed by atoms with E-state index in [4.69, 9.17) is 18.9 Å². The second-order valence-electron chi connectivity index (χ2n) is 8.56. The van der Waals surface area contributed by atoms with Crippen LogP contribution in [0.25, 0.3) is 0 Å². The molecule has 1 aromatic rings. The van der Waals surface area contributed by atoms with Crippen molar-refractivity contribution in [3.05, 3.63) is 18.2 Å². The number of benzene rings is 1. The van der Waals surface area contributed by atoms with Gasteiger partial charge in [0.15, 0.2) is 11.5 Å². The highest BCUT2D eigenvalue weighted by Gasteiger charge is 2.31. The van der Waals surface area contributed by atoms with E-state index in [1.54, 1.807) is 7.11 Å². The molecule has 2 saturated heterocycles. The average molecular weight is 434 g/mol. The number of carbonyl (C=O) groups is 1. The maximum absolute atomic E-state index is 12.7. The number of methoxy groups -OCH3 is 1. The average Bonchev–Trinajstić information content (AvgIpc) is 3.50. The van der Waals surface area contributed by atoms with Gasteiger partial charge in [-0.05, 0) is 44.2 Å². The Hall–Kier alpha value is -2.03. The number of urea groups is 1. The van der Waals surface area contributed by atoms with Crippen molar-refractivity contribution in [3.8, 4) is 11.5 Å². The molecule has 0 spiro atoms. The molecule has 2 aliphatic heterocycles. The first-order valence-corrected chi connectivity index (χ1v) is 11.5. The van der Waals surface area contributed by atoms with Gasteiger partial charge in [-0.15, -0.1) is 0 Å². The summed E-state index contributed by atoms with van der Waals surface area (Å²) in [5.41, 5.74) is 0.693. The van der Waals surface area contributed by atoms with Crippen LogP contribution in [0.4, 0.5) is 10.5 Å². The molecule has 31 heavy (non-hydrogen) atoms. The second-order valence-corrected chi connectivity index (χ2v) is 8.56. The third-order valence-electron chi connectivity index (χ3n) is 6.51. The van der Waals surface area contributed by atoms with E-state index in [1.807, 2.05) is 18.2 Å². The SMILES string of the molecule is COc1ccc(NC(=O)NC[C@H]([C@H]2CCOC2)N2CCOCC2)cc1OC1CCCC1. The molecule has 2 atom stereocenters. The number of ether oxygens (including phenoxy) is 4. The number of hydrogen-bond donors (Lipinski definition) is 2. The largest absolute Gasteiger partial charge is 0.493 e. The van der Waals surface area contributed by atoms with Gasteiger partial charge in [-0.2, -0.15) is 0 Å². The number of nitrogens with zero attached hydrogens (tertiary/aromatic N) is 1. The lowest BCUT2D eigenvalue weighted by molar-refractivity contribution is 0.00222. The monoisotopic (exact) mass is 433 g/mol. The van der Waals surface area contributed by atoms with Crippen LogP contribution in [0.2, 0.25) is 0 Å². The maximum Gasteiger partial charge on any atom is 0.319 e. The number of amides is 2. The van der Waals surface area contributed by atoms with Crippen molar-refractivity contribution in [1.29, 1.82) is 0 Å². The summed E-state index contributed by atoms with van der Waals surface area (Å²) in [7, 11) is 1.63. The molecule has 2 N–H and O–H groups in total. The molecule has 0 unspecified atom stereocenters. The van der Waals surface area contributed by atoms with Crippen LogP contribution in [0.5, 0.6) is 11.5 Å². The van der Waals surface area contributed by atoms with Gasteiger partial charge in [0.05, 0.1) is 33.0 Å². The molecule has 2 heterocycles. The van der Waals surface area contributed by atoms with Crippen molar-refractivity contribution in [2.45, 2.75) is 44.2 Å². The molecule has 8 nitrogen and oxygen atoms in total. The fraction of sp³-hybridized carbons (Fsp3) is 0.696. The van der Waals surface area contributed by atoms with E-state index in [9.17, 15) is 4.79 Å². The number of morpholine rings is 1. The van der Waals surface area contributed by atoms with Crippen LogP contribution >= 0.6 is 0 Å². The van der Waals surface area contributed by atoms with Crippen molar-refractivity contribution in [1.82, 2.24) is 10.2 Å². The maximum atomic E-state index is 12.7. The molecule has 1 aliphatic carbocycles. The van der Waals surface area contributed by atoms with Gasteiger partial charge in [0, 0.05) is 50.0 Å². The third kappa shape index (κ3) is 6.02. The lowest BCUT2D eigenvalue weighted by atomic mass is 9.97. The van der Waals surface area contributed by atoms with Crippen LogP contribution in [0.15, 0.2) is 18.2 Å². The highest BCUT2D eigenvalue weighted by molar-refractivity contribution is 5.89. The molecule has 0 radical (unpaired) electrons. The highest BCUT2D eigenvalue weighted by Crippen LogP contribution is 2.34. The van der Waals surface area contributed by atoms with Crippen molar-refractivity contribution in [2.24, 2.45) is 5.92 Å². The number of anilines is 1. The van der Waals surface area contributed by atoms with Gasteiger partial charge in [0.1, 0.15) is 0 Å². The Bertz CT molecular complexity index is 713. The zero-order chi connectivity index (χ0) is 21.5. The van der Waals surface area contributed by atoms with Crippen LogP contribution in [0, 0.1) is 5.92 Å². The lowest BCUT2D eigenvalue weighted by Gasteiger charge is -2.37. The van der Waals surface area contributed by atoms with Crippen molar-refractivity contribution >= 4 is 11.7 Å². The molecule has 4 rings (SSSR count). The standard InChI is InChI=1S/C23H35N3O5/c1-28-21-7-6-18(14-22(21)31-19-4-2-3-5-19)25-23(27)24-15-20(17-8-11-30-16-17)26-9-12-29-13-10-26/h6-7,14,17,19-20H,2-5,8-13,15-16H2,1H3,(H2,24,25,27)/t17-,20+/m0/s1. The highest BCUT2D eigenvalue weighted by atomic mass is 16.5. The summed E-state index contributed by atoms with van der Waals surface area (Å²) >= 11 is 0. The molecule has 3 fully saturated rings. The summed E-state index contributed by atoms with van der Waals surface area (Å²) in [5.74, 6) is 1.80. The summed E-state index contributed by atoms with van der Waals surface area (Å²) in [4.78, 5) is 15.1. The van der Waals surface area contributed by atoms with Gasteiger partial charge >= 0.3 is 6.03 Å². The minimum atomic E-state index is -0.214. The van der Waals surface area contributed by atoms with E-state index in [1.165, 1.54) is 12.8 Å². The van der Waals surface area contributed by atoms with Gasteiger partial charge in [0.25, 0.3) is 0 Å². The van der Waals surface area contributed by atoms with Gasteiger partial charge in [-0.3, -0.25) is 4.90 Å². The fourth-order valence-electron chi connectivity index (χ4n) is 4.76. The van der Waals surface area contributed by atoms with Gasteiger partial charge in [-0.1, -0.05) is 0 Å². The summed E-state index contributed by atoms with van der Waals surface area (Å²) in [5, 5.41) is 6.01. The second kappa shape index (κ2) is 11.0. The number of nitrogens with one attached hydrogen (secondary N) is 2. The number of rotatable bonds is 8. The van der Waals surface area contributed by atoms with Gasteiger partial charge < -0.3 is 29.6 Å². The van der Waals surface area contributed by atoms with Crippen LogP contribution in [-0.2, 0) is 9.47 Å². The van der Waals surface area contributed by atoms with Crippen molar-refractivity contribution in [3.63, 3.8) is 0 Å². The smallest absolute Gasteiger partial charge is 0.319 e. The van der Waals surface area contributed by atoms with Crippen LogP contribution in [-0.4, -0.2) is 76.2 Å². The minimum Gasteiger partial charge on any atom is -0.493 e. The first-order chi connectivity index (χ1) is 15.2. The molecular formula is C23H35N3O5. The summed E-state index contributed by atoms with van der Waals surface area (Å²) < 4.78 is 22.7. The number of hydrogen-bond acceptors (Lipinski definition) is 6. The molecule has 2 amide bonds. The minimum absolute atomic E-state index is 0.214. The molecule has 3 aliphatic rings. The topological polar surface area (TPSA) is 81.3 Å². The quantitative estimate of drug-likeness (QED) is 0.656. The molecule has 1 aromatic carbocycles. The molecular weight excluding hydrogens is 398 g/mol. The summed E-state index contributed by atoms with van der Waals surface area (Å²) in [6.07, 6.45) is 5.78. The summed E-state index contributed by atoms with van der Waals surface area (Å²) in [6, 6.07) is 5.57. The fourth-order valence-corrected chi connectivity index (χ4v) is 4.76. The Morgan fingerprint density at radius 1 is 1.13 bits per heavy atom. The zero-order valence-corrected chi connectivity index (χ0v) is 18.4. The van der Waals surface area contributed by atoms with Crippen LogP contribution < -0.4 is 20.1 Å². The Balaban J connectivity index is 1.34. The Labute approximate surface area is 184 Å². The lowest BCUT2D eigenvalue weighted by Crippen LogP contribution is -2.52. The molecule has 0 bridgehead atoms. The first-order valence-electron chi connectivity index (χ1n) is 11.5. The van der Waals surface area contributed by atoms with E-state index in [0.29, 0.717) is 29.6 Å². The third-order valence-corrected chi connectivity index (χ3v) is 6.51. The van der Waals surface area contributed by atoms with Gasteiger partial charge in [0.2, 0.25) is 0 Å². The van der Waals surface area contributed by atoms with E-state index < -0.39 is 0 Å². The van der Waals surface area contributed by atoms with E-state index >= 15 is 0 Å². The molecule has 8 heteroatoms. The molecule has 0 aromatic heterocycles. The predicted molar refractivity (Wildman–Crippen MR) is 118 cm³/mol. The van der Waals surface area contributed by atoms with Crippen LogP contribution in [0.1, 0.15) is 32.1 Å². The normalized spacial score (nSPS) is 23.5. The van der Waals surface area contributed by atoms with E-state index in [2.05, 4.69) is 15.5 Å². The Morgan fingerprint density at radius 2 is 1.94 bits per heavy atom. The number of carbonyl (C=O) groups excluding carboxylic acids is 1. The predicted octanol–water partition coefficient (Wildman–Crippen LogP) is 2.88. The zero-order valence-electron chi connectivity index (χ0n) is 18.4. The Kier molecular flexibility index (Phi) is 7.88. The molecule has 1 saturated carbocycles. The molecule has 172 valence electrons. The Morgan fingerprint density at radius 3 is 2.65 bits per heavy atom. The first kappa shape index (κ1) is 22.2. The van der Waals surface area contributed by atoms with E-state index in [0.717, 1.165) is 58.8 Å². The van der Waals surface area contributed by atoms with E-state index in [-0.39, 0.29) is 18.2 Å². The summed E-state index contributed by atoms with van der Waals surface area (Å²) in [6.45, 7) is 5.41. The van der Waals surface area contributed by atoms with Crippen molar-refractivity contribution < 1.29 is 23.7 Å². The van der Waals surface area contributed by atoms with Gasteiger partial charge in [-0.25, -0.2) is 4.79 Å². The van der Waals surface area contributed by atoms with Crippen molar-refractivity contribution in [2.75, 3.05) is 58.5 Å².